The Kier molecular flexibility index (Phi) is 3.54. The summed E-state index contributed by atoms with van der Waals surface area (Å²) in [5.74, 6) is -0.187. The summed E-state index contributed by atoms with van der Waals surface area (Å²) < 4.78 is 13.5. The predicted molar refractivity (Wildman–Crippen MR) is 68.5 cm³/mol. The van der Waals surface area contributed by atoms with E-state index in [1.807, 2.05) is 19.2 Å². The molecule has 0 radical (unpaired) electrons. The second-order valence-corrected chi connectivity index (χ2v) is 5.54. The van der Waals surface area contributed by atoms with Gasteiger partial charge in [0, 0.05) is 23.0 Å². The van der Waals surface area contributed by atoms with Crippen LogP contribution in [0.3, 0.4) is 0 Å². The first-order valence-corrected chi connectivity index (χ1v) is 6.34. The Labute approximate surface area is 104 Å². The van der Waals surface area contributed by atoms with Gasteiger partial charge < -0.3 is 5.73 Å². The highest BCUT2D eigenvalue weighted by molar-refractivity contribution is 7.09. The first kappa shape index (κ1) is 12.2. The van der Waals surface area contributed by atoms with E-state index in [1.54, 1.807) is 29.0 Å². The molecule has 1 heterocycles. The van der Waals surface area contributed by atoms with Gasteiger partial charge in [-0.3, -0.25) is 4.98 Å². The van der Waals surface area contributed by atoms with Crippen molar-refractivity contribution < 1.29 is 4.39 Å². The van der Waals surface area contributed by atoms with Gasteiger partial charge in [-0.2, -0.15) is 0 Å². The van der Waals surface area contributed by atoms with E-state index in [-0.39, 0.29) is 5.82 Å². The van der Waals surface area contributed by atoms with Crippen LogP contribution in [0.1, 0.15) is 17.4 Å². The molecule has 2 N–H and O–H groups in total. The van der Waals surface area contributed by atoms with Gasteiger partial charge in [0.2, 0.25) is 0 Å². The third kappa shape index (κ3) is 3.35. The highest BCUT2D eigenvalue weighted by Gasteiger charge is 2.21. The topological polar surface area (TPSA) is 38.9 Å². The van der Waals surface area contributed by atoms with Crippen LogP contribution in [0.4, 0.5) is 4.39 Å². The van der Waals surface area contributed by atoms with Gasteiger partial charge in [-0.05, 0) is 25.0 Å². The van der Waals surface area contributed by atoms with Crippen molar-refractivity contribution in [2.75, 3.05) is 0 Å². The minimum atomic E-state index is -0.450. The second-order valence-electron chi connectivity index (χ2n) is 4.57. The Morgan fingerprint density at radius 2 is 2.12 bits per heavy atom. The van der Waals surface area contributed by atoms with E-state index in [1.165, 1.54) is 6.07 Å². The average molecular weight is 250 g/mol. The summed E-state index contributed by atoms with van der Waals surface area (Å²) in [6, 6.07) is 6.78. The summed E-state index contributed by atoms with van der Waals surface area (Å²) >= 11 is 1.58. The molecule has 1 atom stereocenters. The number of hydrogen-bond acceptors (Lipinski definition) is 3. The summed E-state index contributed by atoms with van der Waals surface area (Å²) in [5, 5.41) is 0. The SMILES string of the molecule is CC(N)(Cc1cncs1)Cc1ccccc1F. The number of halogens is 1. The number of nitrogens with zero attached hydrogens (tertiary/aromatic N) is 1. The van der Waals surface area contributed by atoms with Crippen LogP contribution in [-0.4, -0.2) is 10.5 Å². The van der Waals surface area contributed by atoms with Crippen LogP contribution in [0, 0.1) is 5.82 Å². The minimum absolute atomic E-state index is 0.187. The van der Waals surface area contributed by atoms with Crippen molar-refractivity contribution >= 4 is 11.3 Å². The van der Waals surface area contributed by atoms with E-state index < -0.39 is 5.54 Å². The zero-order valence-electron chi connectivity index (χ0n) is 9.69. The van der Waals surface area contributed by atoms with Crippen LogP contribution >= 0.6 is 11.3 Å². The standard InChI is InChI=1S/C13H15FN2S/c1-13(15,7-11-8-16-9-17-11)6-10-4-2-3-5-12(10)14/h2-5,8-9H,6-7,15H2,1H3. The van der Waals surface area contributed by atoms with Gasteiger partial charge in [-0.1, -0.05) is 18.2 Å². The zero-order valence-corrected chi connectivity index (χ0v) is 10.5. The Morgan fingerprint density at radius 3 is 2.76 bits per heavy atom. The molecule has 0 aliphatic carbocycles. The molecule has 2 aromatic rings. The third-order valence-corrected chi connectivity index (χ3v) is 3.39. The van der Waals surface area contributed by atoms with Crippen LogP contribution in [0.5, 0.6) is 0 Å². The molecule has 0 aliphatic rings. The van der Waals surface area contributed by atoms with Crippen LogP contribution in [0.2, 0.25) is 0 Å². The summed E-state index contributed by atoms with van der Waals surface area (Å²) in [5.41, 5.74) is 8.23. The molecule has 4 heteroatoms. The van der Waals surface area contributed by atoms with Crippen molar-refractivity contribution in [1.82, 2.24) is 4.98 Å². The predicted octanol–water partition coefficient (Wildman–Crippen LogP) is 2.78. The molecule has 1 unspecified atom stereocenters. The Balaban J connectivity index is 2.09. The molecular formula is C13H15FN2S. The smallest absolute Gasteiger partial charge is 0.126 e. The molecule has 2 rings (SSSR count). The molecule has 90 valence electrons. The summed E-state index contributed by atoms with van der Waals surface area (Å²) in [6.07, 6.45) is 3.06. The summed E-state index contributed by atoms with van der Waals surface area (Å²) in [7, 11) is 0. The highest BCUT2D eigenvalue weighted by atomic mass is 32.1. The quantitative estimate of drug-likeness (QED) is 0.906. The molecule has 0 amide bonds. The van der Waals surface area contributed by atoms with E-state index in [9.17, 15) is 4.39 Å². The van der Waals surface area contributed by atoms with Crippen LogP contribution < -0.4 is 5.73 Å². The highest BCUT2D eigenvalue weighted by Crippen LogP contribution is 2.20. The normalized spacial score (nSPS) is 14.5. The molecule has 0 aliphatic heterocycles. The van der Waals surface area contributed by atoms with Crippen LogP contribution in [0.25, 0.3) is 0 Å². The van der Waals surface area contributed by atoms with Gasteiger partial charge in [0.1, 0.15) is 5.82 Å². The van der Waals surface area contributed by atoms with Gasteiger partial charge in [0.15, 0.2) is 0 Å². The van der Waals surface area contributed by atoms with Gasteiger partial charge in [0.05, 0.1) is 5.51 Å². The third-order valence-electron chi connectivity index (χ3n) is 2.61. The number of rotatable bonds is 4. The van der Waals surface area contributed by atoms with E-state index >= 15 is 0 Å². The molecule has 0 bridgehead atoms. The van der Waals surface area contributed by atoms with E-state index in [4.69, 9.17) is 5.73 Å². The first-order valence-electron chi connectivity index (χ1n) is 5.46. The number of thiazole rings is 1. The molecule has 0 spiro atoms. The summed E-state index contributed by atoms with van der Waals surface area (Å²) in [6.45, 7) is 1.94. The molecule has 17 heavy (non-hydrogen) atoms. The van der Waals surface area contributed by atoms with Crippen LogP contribution in [0.15, 0.2) is 36.0 Å². The molecule has 2 nitrogen and oxygen atoms in total. The minimum Gasteiger partial charge on any atom is -0.325 e. The number of aromatic nitrogens is 1. The van der Waals surface area contributed by atoms with Crippen LogP contribution in [-0.2, 0) is 12.8 Å². The fourth-order valence-electron chi connectivity index (χ4n) is 1.87. The Bertz CT molecular complexity index is 480. The molecule has 0 saturated heterocycles. The molecule has 1 aromatic carbocycles. The van der Waals surface area contributed by atoms with Gasteiger partial charge in [-0.25, -0.2) is 4.39 Å². The maximum atomic E-state index is 13.5. The number of hydrogen-bond donors (Lipinski definition) is 1. The number of nitrogens with two attached hydrogens (primary N) is 1. The fourth-order valence-corrected chi connectivity index (χ4v) is 2.66. The van der Waals surface area contributed by atoms with Crippen molar-refractivity contribution in [2.45, 2.75) is 25.3 Å². The molecule has 0 fully saturated rings. The lowest BCUT2D eigenvalue weighted by molar-refractivity contribution is 0.454. The molecule has 0 saturated carbocycles. The van der Waals surface area contributed by atoms with Crippen molar-refractivity contribution in [1.29, 1.82) is 0 Å². The number of benzene rings is 1. The average Bonchev–Trinajstić information content (AvgIpc) is 2.73. The maximum absolute atomic E-state index is 13.5. The van der Waals surface area contributed by atoms with E-state index in [0.717, 1.165) is 4.88 Å². The molecular weight excluding hydrogens is 235 g/mol. The lowest BCUT2D eigenvalue weighted by Gasteiger charge is -2.24. The Morgan fingerprint density at radius 1 is 1.35 bits per heavy atom. The maximum Gasteiger partial charge on any atom is 0.126 e. The first-order chi connectivity index (χ1) is 8.07. The fraction of sp³-hybridized carbons (Fsp3) is 0.308. The van der Waals surface area contributed by atoms with E-state index in [0.29, 0.717) is 18.4 Å². The monoisotopic (exact) mass is 250 g/mol. The summed E-state index contributed by atoms with van der Waals surface area (Å²) in [4.78, 5) is 5.15. The van der Waals surface area contributed by atoms with Gasteiger partial charge in [0.25, 0.3) is 0 Å². The van der Waals surface area contributed by atoms with E-state index in [2.05, 4.69) is 4.98 Å². The van der Waals surface area contributed by atoms with Gasteiger partial charge >= 0.3 is 0 Å². The van der Waals surface area contributed by atoms with Crippen molar-refractivity contribution in [3.05, 3.63) is 52.2 Å². The molecule has 1 aromatic heterocycles. The second kappa shape index (κ2) is 4.94. The lowest BCUT2D eigenvalue weighted by atomic mass is 9.90. The van der Waals surface area contributed by atoms with Crippen molar-refractivity contribution in [3.8, 4) is 0 Å². The Hall–Kier alpha value is -1.26. The van der Waals surface area contributed by atoms with Crippen molar-refractivity contribution in [2.24, 2.45) is 5.73 Å². The largest absolute Gasteiger partial charge is 0.325 e. The zero-order chi connectivity index (χ0) is 12.3. The van der Waals surface area contributed by atoms with Crippen molar-refractivity contribution in [3.63, 3.8) is 0 Å². The van der Waals surface area contributed by atoms with Gasteiger partial charge in [-0.15, -0.1) is 11.3 Å². The lowest BCUT2D eigenvalue weighted by Crippen LogP contribution is -2.40.